The molecule has 1 aromatic carbocycles. The number of benzene rings is 1. The van der Waals surface area contributed by atoms with Crippen molar-refractivity contribution in [2.24, 2.45) is 0 Å². The number of carbonyl (C=O) groups excluding carboxylic acids is 1. The van der Waals surface area contributed by atoms with Crippen LogP contribution in [0.4, 0.5) is 0 Å². The van der Waals surface area contributed by atoms with Gasteiger partial charge in [0.05, 0.1) is 5.69 Å². The van der Waals surface area contributed by atoms with E-state index in [-0.39, 0.29) is 11.9 Å². The van der Waals surface area contributed by atoms with E-state index in [1.807, 2.05) is 51.1 Å². The second-order valence-corrected chi connectivity index (χ2v) is 5.48. The molecule has 3 aromatic rings. The summed E-state index contributed by atoms with van der Waals surface area (Å²) in [4.78, 5) is 16.5. The van der Waals surface area contributed by atoms with E-state index in [1.165, 1.54) is 0 Å². The van der Waals surface area contributed by atoms with E-state index in [4.69, 9.17) is 0 Å². The molecule has 0 aliphatic rings. The van der Waals surface area contributed by atoms with Crippen molar-refractivity contribution in [3.8, 4) is 5.69 Å². The first-order valence-corrected chi connectivity index (χ1v) is 7.14. The average Bonchev–Trinajstić information content (AvgIpc) is 2.91. The summed E-state index contributed by atoms with van der Waals surface area (Å²) in [6.07, 6.45) is 1.70. The Morgan fingerprint density at radius 2 is 2.09 bits per heavy atom. The summed E-state index contributed by atoms with van der Waals surface area (Å²) in [5.41, 5.74) is 3.79. The van der Waals surface area contributed by atoms with E-state index in [9.17, 15) is 4.79 Å². The van der Waals surface area contributed by atoms with E-state index in [0.717, 1.165) is 16.8 Å². The number of aromatic nitrogens is 4. The number of rotatable bonds is 3. The summed E-state index contributed by atoms with van der Waals surface area (Å²) in [6, 6.07) is 9.29. The fourth-order valence-corrected chi connectivity index (χ4v) is 2.25. The van der Waals surface area contributed by atoms with Gasteiger partial charge in [-0.05, 0) is 50.6 Å². The second-order valence-electron chi connectivity index (χ2n) is 5.48. The van der Waals surface area contributed by atoms with Crippen LogP contribution in [0.25, 0.3) is 16.9 Å². The molecule has 3 rings (SSSR count). The standard InChI is InChI=1S/C16H17N5O/c1-10(2)18-16(22)12-7-6-11(3)14(9-12)21-15-13(19-20-21)5-4-8-17-15/h4-10H,1-3H3,(H,18,22). The fourth-order valence-electron chi connectivity index (χ4n) is 2.25. The number of pyridine rings is 1. The molecule has 22 heavy (non-hydrogen) atoms. The first kappa shape index (κ1) is 14.2. The third-order valence-corrected chi connectivity index (χ3v) is 3.33. The van der Waals surface area contributed by atoms with Crippen molar-refractivity contribution in [2.45, 2.75) is 26.8 Å². The third-order valence-electron chi connectivity index (χ3n) is 3.33. The van der Waals surface area contributed by atoms with Crippen LogP contribution in [-0.2, 0) is 0 Å². The molecular formula is C16H17N5O. The molecular weight excluding hydrogens is 278 g/mol. The number of fused-ring (bicyclic) bond motifs is 1. The smallest absolute Gasteiger partial charge is 0.251 e. The van der Waals surface area contributed by atoms with E-state index in [2.05, 4.69) is 20.6 Å². The van der Waals surface area contributed by atoms with E-state index in [0.29, 0.717) is 11.2 Å². The third kappa shape index (κ3) is 2.55. The summed E-state index contributed by atoms with van der Waals surface area (Å²) in [5, 5.41) is 11.2. The van der Waals surface area contributed by atoms with Gasteiger partial charge in [0.15, 0.2) is 5.65 Å². The Bertz CT molecular complexity index is 837. The molecule has 0 saturated heterocycles. The minimum Gasteiger partial charge on any atom is -0.350 e. The number of nitrogens with zero attached hydrogens (tertiary/aromatic N) is 4. The van der Waals surface area contributed by atoms with Crippen LogP contribution in [0, 0.1) is 6.92 Å². The maximum atomic E-state index is 12.2. The molecule has 0 saturated carbocycles. The Labute approximate surface area is 128 Å². The molecule has 0 atom stereocenters. The summed E-state index contributed by atoms with van der Waals surface area (Å²) >= 11 is 0. The molecule has 0 unspecified atom stereocenters. The van der Waals surface area contributed by atoms with Gasteiger partial charge in [0.25, 0.3) is 5.91 Å². The lowest BCUT2D eigenvalue weighted by Gasteiger charge is -2.11. The van der Waals surface area contributed by atoms with Crippen molar-refractivity contribution in [2.75, 3.05) is 0 Å². The molecule has 6 nitrogen and oxygen atoms in total. The number of carbonyl (C=O) groups is 1. The van der Waals surface area contributed by atoms with E-state index < -0.39 is 0 Å². The topological polar surface area (TPSA) is 72.7 Å². The van der Waals surface area contributed by atoms with Crippen molar-refractivity contribution in [1.82, 2.24) is 25.3 Å². The lowest BCUT2D eigenvalue weighted by Crippen LogP contribution is -2.30. The molecule has 2 heterocycles. The molecule has 6 heteroatoms. The number of nitrogens with one attached hydrogen (secondary N) is 1. The van der Waals surface area contributed by atoms with E-state index >= 15 is 0 Å². The number of hydrogen-bond donors (Lipinski definition) is 1. The van der Waals surface area contributed by atoms with Gasteiger partial charge >= 0.3 is 0 Å². The molecule has 1 amide bonds. The van der Waals surface area contributed by atoms with Crippen molar-refractivity contribution >= 4 is 17.1 Å². The second kappa shape index (κ2) is 5.55. The molecule has 112 valence electrons. The van der Waals surface area contributed by atoms with Gasteiger partial charge in [-0.1, -0.05) is 11.3 Å². The van der Waals surface area contributed by atoms with Gasteiger partial charge in [0, 0.05) is 17.8 Å². The van der Waals surface area contributed by atoms with Crippen molar-refractivity contribution in [3.63, 3.8) is 0 Å². The van der Waals surface area contributed by atoms with Gasteiger partial charge in [0.2, 0.25) is 0 Å². The first-order chi connectivity index (χ1) is 10.6. The Morgan fingerprint density at radius 3 is 2.86 bits per heavy atom. The van der Waals surface area contributed by atoms with Gasteiger partial charge in [-0.2, -0.15) is 4.68 Å². The largest absolute Gasteiger partial charge is 0.350 e. The summed E-state index contributed by atoms with van der Waals surface area (Å²) in [7, 11) is 0. The highest BCUT2D eigenvalue weighted by atomic mass is 16.1. The van der Waals surface area contributed by atoms with Crippen LogP contribution in [0.2, 0.25) is 0 Å². The SMILES string of the molecule is Cc1ccc(C(=O)NC(C)C)cc1-n1nnc2cccnc21. The number of amides is 1. The van der Waals surface area contributed by atoms with Crippen LogP contribution in [0.15, 0.2) is 36.5 Å². The highest BCUT2D eigenvalue weighted by Gasteiger charge is 2.13. The van der Waals surface area contributed by atoms with Crippen LogP contribution in [0.5, 0.6) is 0 Å². The molecule has 1 N–H and O–H groups in total. The molecule has 0 fully saturated rings. The van der Waals surface area contributed by atoms with Crippen LogP contribution in [-0.4, -0.2) is 31.9 Å². The van der Waals surface area contributed by atoms with Crippen molar-refractivity contribution in [3.05, 3.63) is 47.7 Å². The first-order valence-electron chi connectivity index (χ1n) is 7.14. The molecule has 0 radical (unpaired) electrons. The van der Waals surface area contributed by atoms with Crippen molar-refractivity contribution < 1.29 is 4.79 Å². The van der Waals surface area contributed by atoms with Crippen LogP contribution < -0.4 is 5.32 Å². The monoisotopic (exact) mass is 295 g/mol. The van der Waals surface area contributed by atoms with Gasteiger partial charge in [-0.25, -0.2) is 4.98 Å². The summed E-state index contributed by atoms with van der Waals surface area (Å²) in [5.74, 6) is -0.103. The Morgan fingerprint density at radius 1 is 1.27 bits per heavy atom. The van der Waals surface area contributed by atoms with E-state index in [1.54, 1.807) is 10.9 Å². The Balaban J connectivity index is 2.09. The quantitative estimate of drug-likeness (QED) is 0.804. The van der Waals surface area contributed by atoms with Gasteiger partial charge in [-0.3, -0.25) is 4.79 Å². The maximum absolute atomic E-state index is 12.2. The Kier molecular flexibility index (Phi) is 3.58. The molecule has 0 aliphatic carbocycles. The number of hydrogen-bond acceptors (Lipinski definition) is 4. The zero-order valence-electron chi connectivity index (χ0n) is 12.7. The molecule has 0 aliphatic heterocycles. The predicted octanol–water partition coefficient (Wildman–Crippen LogP) is 2.26. The van der Waals surface area contributed by atoms with Gasteiger partial charge in [-0.15, -0.1) is 5.10 Å². The Hall–Kier alpha value is -2.76. The lowest BCUT2D eigenvalue weighted by atomic mass is 10.1. The highest BCUT2D eigenvalue weighted by Crippen LogP contribution is 2.19. The highest BCUT2D eigenvalue weighted by molar-refractivity contribution is 5.95. The van der Waals surface area contributed by atoms with Crippen LogP contribution in [0.3, 0.4) is 0 Å². The average molecular weight is 295 g/mol. The summed E-state index contributed by atoms with van der Waals surface area (Å²) in [6.45, 7) is 5.83. The molecule has 2 aromatic heterocycles. The molecule has 0 bridgehead atoms. The fraction of sp³-hybridized carbons (Fsp3) is 0.250. The van der Waals surface area contributed by atoms with Crippen LogP contribution in [0.1, 0.15) is 29.8 Å². The van der Waals surface area contributed by atoms with Crippen LogP contribution >= 0.6 is 0 Å². The predicted molar refractivity (Wildman–Crippen MR) is 84.0 cm³/mol. The van der Waals surface area contributed by atoms with Crippen molar-refractivity contribution in [1.29, 1.82) is 0 Å². The summed E-state index contributed by atoms with van der Waals surface area (Å²) < 4.78 is 1.66. The zero-order valence-corrected chi connectivity index (χ0v) is 12.7. The number of aryl methyl sites for hydroxylation is 1. The lowest BCUT2D eigenvalue weighted by molar-refractivity contribution is 0.0943. The minimum atomic E-state index is -0.103. The normalized spacial score (nSPS) is 11.1. The van der Waals surface area contributed by atoms with Gasteiger partial charge < -0.3 is 5.32 Å². The van der Waals surface area contributed by atoms with Gasteiger partial charge in [0.1, 0.15) is 5.52 Å². The molecule has 0 spiro atoms. The zero-order chi connectivity index (χ0) is 15.7. The maximum Gasteiger partial charge on any atom is 0.251 e. The minimum absolute atomic E-state index is 0.0890.